The van der Waals surface area contributed by atoms with Gasteiger partial charge in [-0.05, 0) is 24.5 Å². The first kappa shape index (κ1) is 11.1. The molecule has 1 aliphatic rings. The van der Waals surface area contributed by atoms with Crippen molar-refractivity contribution in [2.24, 2.45) is 5.73 Å². The lowest BCUT2D eigenvalue weighted by atomic mass is 10.1. The summed E-state index contributed by atoms with van der Waals surface area (Å²) in [7, 11) is 0. The van der Waals surface area contributed by atoms with E-state index in [-0.39, 0.29) is 11.9 Å². The fourth-order valence-corrected chi connectivity index (χ4v) is 1.94. The second kappa shape index (κ2) is 5.07. The lowest BCUT2D eigenvalue weighted by molar-refractivity contribution is -0.131. The number of carbonyl (C=O) groups is 1. The van der Waals surface area contributed by atoms with Crippen LogP contribution in [0.4, 0.5) is 0 Å². The van der Waals surface area contributed by atoms with E-state index in [0.29, 0.717) is 6.42 Å². The molecule has 1 amide bonds. The van der Waals surface area contributed by atoms with E-state index in [1.807, 2.05) is 17.0 Å². The van der Waals surface area contributed by atoms with Crippen molar-refractivity contribution >= 4 is 5.91 Å². The average Bonchev–Trinajstić information content (AvgIpc) is 2.31. The maximum absolute atomic E-state index is 11.9. The quantitative estimate of drug-likeness (QED) is 0.791. The molecule has 4 nitrogen and oxygen atoms in total. The Kier molecular flexibility index (Phi) is 3.51. The van der Waals surface area contributed by atoms with Crippen LogP contribution in [0.15, 0.2) is 24.5 Å². The lowest BCUT2D eigenvalue weighted by Gasteiger charge is -2.30. The molecule has 4 heteroatoms. The molecular formula is C12H17N3O. The van der Waals surface area contributed by atoms with Gasteiger partial charge >= 0.3 is 0 Å². The SMILES string of the molecule is NC1CCN(C(=O)Cc2cccnc2)CC1. The minimum absolute atomic E-state index is 0.180. The summed E-state index contributed by atoms with van der Waals surface area (Å²) in [6.45, 7) is 1.58. The summed E-state index contributed by atoms with van der Waals surface area (Å²) in [6, 6.07) is 4.05. The molecule has 0 unspecified atom stereocenters. The predicted molar refractivity (Wildman–Crippen MR) is 61.7 cm³/mol. The van der Waals surface area contributed by atoms with Gasteiger partial charge in [0.05, 0.1) is 6.42 Å². The summed E-state index contributed by atoms with van der Waals surface area (Å²) in [5.41, 5.74) is 6.78. The molecule has 1 fully saturated rings. The van der Waals surface area contributed by atoms with E-state index in [1.54, 1.807) is 12.4 Å². The van der Waals surface area contributed by atoms with Crippen LogP contribution in [0.3, 0.4) is 0 Å². The molecule has 1 saturated heterocycles. The van der Waals surface area contributed by atoms with E-state index >= 15 is 0 Å². The van der Waals surface area contributed by atoms with Crippen molar-refractivity contribution in [3.05, 3.63) is 30.1 Å². The number of aromatic nitrogens is 1. The summed E-state index contributed by atoms with van der Waals surface area (Å²) >= 11 is 0. The van der Waals surface area contributed by atoms with Gasteiger partial charge in [-0.1, -0.05) is 6.07 Å². The average molecular weight is 219 g/mol. The zero-order valence-electron chi connectivity index (χ0n) is 9.30. The molecule has 0 radical (unpaired) electrons. The van der Waals surface area contributed by atoms with Gasteiger partial charge in [-0.25, -0.2) is 0 Å². The number of nitrogens with zero attached hydrogens (tertiary/aromatic N) is 2. The number of hydrogen-bond donors (Lipinski definition) is 1. The van der Waals surface area contributed by atoms with Crippen LogP contribution in [0.2, 0.25) is 0 Å². The Morgan fingerprint density at radius 3 is 2.88 bits per heavy atom. The summed E-state index contributed by atoms with van der Waals surface area (Å²) in [5, 5.41) is 0. The van der Waals surface area contributed by atoms with E-state index in [2.05, 4.69) is 4.98 Å². The molecule has 0 spiro atoms. The van der Waals surface area contributed by atoms with Gasteiger partial charge in [0.1, 0.15) is 0 Å². The normalized spacial score (nSPS) is 17.4. The molecule has 2 N–H and O–H groups in total. The Bertz CT molecular complexity index is 345. The molecule has 0 atom stereocenters. The Morgan fingerprint density at radius 2 is 2.25 bits per heavy atom. The zero-order chi connectivity index (χ0) is 11.4. The Balaban J connectivity index is 1.89. The minimum atomic E-state index is 0.180. The van der Waals surface area contributed by atoms with Crippen molar-refractivity contribution in [1.82, 2.24) is 9.88 Å². The summed E-state index contributed by atoms with van der Waals surface area (Å²) in [5.74, 6) is 0.180. The van der Waals surface area contributed by atoms with Crippen LogP contribution in [0.25, 0.3) is 0 Å². The fraction of sp³-hybridized carbons (Fsp3) is 0.500. The highest BCUT2D eigenvalue weighted by Crippen LogP contribution is 2.10. The van der Waals surface area contributed by atoms with Crippen LogP contribution in [-0.2, 0) is 11.2 Å². The van der Waals surface area contributed by atoms with Gasteiger partial charge in [0.15, 0.2) is 0 Å². The summed E-state index contributed by atoms with van der Waals surface area (Å²) in [6.07, 6.45) is 5.74. The largest absolute Gasteiger partial charge is 0.342 e. The van der Waals surface area contributed by atoms with Gasteiger partial charge in [-0.3, -0.25) is 9.78 Å². The van der Waals surface area contributed by atoms with E-state index < -0.39 is 0 Å². The third kappa shape index (κ3) is 2.79. The van der Waals surface area contributed by atoms with E-state index in [4.69, 9.17) is 5.73 Å². The molecule has 0 aliphatic carbocycles. The summed E-state index contributed by atoms with van der Waals surface area (Å²) < 4.78 is 0. The molecule has 1 aromatic heterocycles. The van der Waals surface area contributed by atoms with Gasteiger partial charge in [0.2, 0.25) is 5.91 Å². The van der Waals surface area contributed by atoms with Crippen molar-refractivity contribution in [2.45, 2.75) is 25.3 Å². The van der Waals surface area contributed by atoms with Crippen molar-refractivity contribution in [1.29, 1.82) is 0 Å². The lowest BCUT2D eigenvalue weighted by Crippen LogP contribution is -2.43. The van der Waals surface area contributed by atoms with Gasteiger partial charge in [-0.2, -0.15) is 0 Å². The number of piperidine rings is 1. The smallest absolute Gasteiger partial charge is 0.227 e. The van der Waals surface area contributed by atoms with Crippen molar-refractivity contribution in [2.75, 3.05) is 13.1 Å². The first-order valence-corrected chi connectivity index (χ1v) is 5.68. The number of hydrogen-bond acceptors (Lipinski definition) is 3. The van der Waals surface area contributed by atoms with Crippen LogP contribution >= 0.6 is 0 Å². The van der Waals surface area contributed by atoms with E-state index in [0.717, 1.165) is 31.5 Å². The Morgan fingerprint density at radius 1 is 1.50 bits per heavy atom. The number of likely N-dealkylation sites (tertiary alicyclic amines) is 1. The topological polar surface area (TPSA) is 59.2 Å². The van der Waals surface area contributed by atoms with Gasteiger partial charge in [0, 0.05) is 31.5 Å². The molecule has 16 heavy (non-hydrogen) atoms. The standard InChI is InChI=1S/C12H17N3O/c13-11-3-6-15(7-4-11)12(16)8-10-2-1-5-14-9-10/h1-2,5,9,11H,3-4,6-8,13H2. The first-order chi connectivity index (χ1) is 7.75. The number of pyridine rings is 1. The van der Waals surface area contributed by atoms with Crippen molar-refractivity contribution in [3.8, 4) is 0 Å². The first-order valence-electron chi connectivity index (χ1n) is 5.68. The van der Waals surface area contributed by atoms with Gasteiger partial charge in [0.25, 0.3) is 0 Å². The number of carbonyl (C=O) groups excluding carboxylic acids is 1. The molecule has 1 aliphatic heterocycles. The van der Waals surface area contributed by atoms with Crippen LogP contribution in [0.5, 0.6) is 0 Å². The molecule has 0 aromatic carbocycles. The van der Waals surface area contributed by atoms with Gasteiger partial charge < -0.3 is 10.6 Å². The number of rotatable bonds is 2. The molecule has 1 aromatic rings. The zero-order valence-corrected chi connectivity index (χ0v) is 9.30. The molecular weight excluding hydrogens is 202 g/mol. The molecule has 86 valence electrons. The van der Waals surface area contributed by atoms with Crippen LogP contribution in [-0.4, -0.2) is 34.9 Å². The van der Waals surface area contributed by atoms with E-state index in [9.17, 15) is 4.79 Å². The predicted octanol–water partition coefficient (Wildman–Crippen LogP) is 0.574. The van der Waals surface area contributed by atoms with Gasteiger partial charge in [-0.15, -0.1) is 0 Å². The Labute approximate surface area is 95.5 Å². The van der Waals surface area contributed by atoms with Crippen molar-refractivity contribution in [3.63, 3.8) is 0 Å². The van der Waals surface area contributed by atoms with E-state index in [1.165, 1.54) is 0 Å². The molecule has 2 heterocycles. The molecule has 0 saturated carbocycles. The maximum Gasteiger partial charge on any atom is 0.227 e. The molecule has 0 bridgehead atoms. The highest BCUT2D eigenvalue weighted by molar-refractivity contribution is 5.78. The maximum atomic E-state index is 11.9. The van der Waals surface area contributed by atoms with Crippen molar-refractivity contribution < 1.29 is 4.79 Å². The minimum Gasteiger partial charge on any atom is -0.342 e. The highest BCUT2D eigenvalue weighted by Gasteiger charge is 2.20. The monoisotopic (exact) mass is 219 g/mol. The highest BCUT2D eigenvalue weighted by atomic mass is 16.2. The third-order valence-electron chi connectivity index (χ3n) is 2.97. The number of nitrogens with two attached hydrogens (primary N) is 1. The Hall–Kier alpha value is -1.42. The number of amides is 1. The third-order valence-corrected chi connectivity index (χ3v) is 2.97. The van der Waals surface area contributed by atoms with Crippen LogP contribution < -0.4 is 5.73 Å². The summed E-state index contributed by atoms with van der Waals surface area (Å²) in [4.78, 5) is 17.8. The fourth-order valence-electron chi connectivity index (χ4n) is 1.94. The van der Waals surface area contributed by atoms with Crippen LogP contribution in [0.1, 0.15) is 18.4 Å². The second-order valence-corrected chi connectivity index (χ2v) is 4.26. The second-order valence-electron chi connectivity index (χ2n) is 4.26. The van der Waals surface area contributed by atoms with Crippen LogP contribution in [0, 0.1) is 0 Å². The molecule has 2 rings (SSSR count).